The molecule has 0 atom stereocenters. The summed E-state index contributed by atoms with van der Waals surface area (Å²) in [5.41, 5.74) is 1.85. The number of halogens is 1. The Hall–Kier alpha value is -2.78. The molecule has 0 aliphatic rings. The highest BCUT2D eigenvalue weighted by Gasteiger charge is 2.14. The molecule has 0 saturated heterocycles. The minimum atomic E-state index is -0.0354. The summed E-state index contributed by atoms with van der Waals surface area (Å²) < 4.78 is 1.75. The minimum absolute atomic E-state index is 0.0150. The van der Waals surface area contributed by atoms with Gasteiger partial charge in [-0.1, -0.05) is 41.9 Å². The number of carbonyl (C=O) groups excluding carboxylic acids is 2. The average molecular weight is 337 g/mol. The molecule has 118 valence electrons. The van der Waals surface area contributed by atoms with Gasteiger partial charge in [0, 0.05) is 33.8 Å². The van der Waals surface area contributed by atoms with Crippen LogP contribution >= 0.6 is 11.6 Å². The van der Waals surface area contributed by atoms with Crippen molar-refractivity contribution in [3.63, 3.8) is 0 Å². The lowest BCUT2D eigenvalue weighted by atomic mass is 10.0. The fourth-order valence-electron chi connectivity index (χ4n) is 2.36. The lowest BCUT2D eigenvalue weighted by Crippen LogP contribution is -2.37. The first-order chi connectivity index (χ1) is 11.6. The zero-order valence-electron chi connectivity index (χ0n) is 12.9. The third-order valence-corrected chi connectivity index (χ3v) is 3.93. The molecule has 1 aromatic heterocycles. The van der Waals surface area contributed by atoms with Gasteiger partial charge in [0.25, 0.3) is 0 Å². The van der Waals surface area contributed by atoms with Crippen LogP contribution < -0.4 is 4.57 Å². The maximum atomic E-state index is 12.3. The monoisotopic (exact) mass is 336 g/mol. The molecule has 0 aliphatic carbocycles. The summed E-state index contributed by atoms with van der Waals surface area (Å²) in [6, 6.07) is 19.4. The zero-order chi connectivity index (χ0) is 16.9. The van der Waals surface area contributed by atoms with Gasteiger partial charge in [0.1, 0.15) is 0 Å². The molecule has 2 aromatic carbocycles. The molecule has 0 spiro atoms. The van der Waals surface area contributed by atoms with Gasteiger partial charge in [-0.15, -0.1) is 0 Å². The number of hydrogen-bond acceptors (Lipinski definition) is 2. The first-order valence-corrected chi connectivity index (χ1v) is 7.89. The van der Waals surface area contributed by atoms with Gasteiger partial charge in [-0.3, -0.25) is 9.59 Å². The van der Waals surface area contributed by atoms with Crippen LogP contribution in [0.2, 0.25) is 5.02 Å². The van der Waals surface area contributed by atoms with E-state index in [1.165, 1.54) is 0 Å². The first kappa shape index (κ1) is 16.1. The first-order valence-electron chi connectivity index (χ1n) is 7.51. The molecule has 0 fully saturated rings. The van der Waals surface area contributed by atoms with Crippen LogP contribution in [0.15, 0.2) is 79.1 Å². The molecule has 0 aliphatic heterocycles. The van der Waals surface area contributed by atoms with Crippen molar-refractivity contribution in [2.45, 2.75) is 6.54 Å². The van der Waals surface area contributed by atoms with Gasteiger partial charge in [-0.25, -0.2) is 0 Å². The summed E-state index contributed by atoms with van der Waals surface area (Å²) in [5, 5.41) is 0.600. The van der Waals surface area contributed by atoms with Crippen LogP contribution in [0.25, 0.3) is 0 Å². The summed E-state index contributed by atoms with van der Waals surface area (Å²) >= 11 is 5.83. The van der Waals surface area contributed by atoms with Gasteiger partial charge in [0.2, 0.25) is 12.3 Å². The second kappa shape index (κ2) is 7.20. The Labute approximate surface area is 145 Å². The van der Waals surface area contributed by atoms with Gasteiger partial charge < -0.3 is 0 Å². The average Bonchev–Trinajstić information content (AvgIpc) is 2.63. The number of ketones is 2. The van der Waals surface area contributed by atoms with Crippen molar-refractivity contribution in [2.24, 2.45) is 0 Å². The number of aromatic nitrogens is 1. The van der Waals surface area contributed by atoms with Gasteiger partial charge in [-0.2, -0.15) is 4.57 Å². The lowest BCUT2D eigenvalue weighted by molar-refractivity contribution is -0.683. The topological polar surface area (TPSA) is 38.0 Å². The summed E-state index contributed by atoms with van der Waals surface area (Å²) in [6.45, 7) is 0.210. The minimum Gasteiger partial charge on any atom is -0.289 e. The molecule has 3 nitrogen and oxygen atoms in total. The van der Waals surface area contributed by atoms with E-state index in [1.54, 1.807) is 65.5 Å². The molecule has 0 radical (unpaired) electrons. The van der Waals surface area contributed by atoms with E-state index in [4.69, 9.17) is 11.6 Å². The quantitative estimate of drug-likeness (QED) is 0.526. The predicted molar refractivity (Wildman–Crippen MR) is 92.3 cm³/mol. The fourth-order valence-corrected chi connectivity index (χ4v) is 2.49. The van der Waals surface area contributed by atoms with E-state index < -0.39 is 0 Å². The number of Topliss-reactive ketones (excluding diaryl/α,β-unsaturated/α-hetero) is 1. The molecule has 4 heteroatoms. The Balaban J connectivity index is 1.72. The van der Waals surface area contributed by atoms with Crippen molar-refractivity contribution in [3.8, 4) is 0 Å². The fraction of sp³-hybridized carbons (Fsp3) is 0.0500. The van der Waals surface area contributed by atoms with Crippen molar-refractivity contribution < 1.29 is 14.2 Å². The number of pyridine rings is 1. The third-order valence-electron chi connectivity index (χ3n) is 3.68. The summed E-state index contributed by atoms with van der Waals surface area (Å²) in [6.07, 6.45) is 3.48. The van der Waals surface area contributed by atoms with Crippen molar-refractivity contribution in [1.29, 1.82) is 0 Å². The van der Waals surface area contributed by atoms with Gasteiger partial charge in [-0.05, 0) is 24.3 Å². The van der Waals surface area contributed by atoms with E-state index in [0.29, 0.717) is 21.7 Å². The number of benzene rings is 2. The van der Waals surface area contributed by atoms with Crippen molar-refractivity contribution >= 4 is 23.2 Å². The van der Waals surface area contributed by atoms with Crippen molar-refractivity contribution in [3.05, 3.63) is 101 Å². The van der Waals surface area contributed by atoms with E-state index >= 15 is 0 Å². The Morgan fingerprint density at radius 1 is 0.750 bits per heavy atom. The molecule has 0 bridgehead atoms. The number of hydrogen-bond donors (Lipinski definition) is 0. The maximum absolute atomic E-state index is 12.3. The van der Waals surface area contributed by atoms with Crippen molar-refractivity contribution in [2.75, 3.05) is 0 Å². The number of nitrogens with zero attached hydrogens (tertiary/aromatic N) is 1. The third kappa shape index (κ3) is 3.76. The van der Waals surface area contributed by atoms with E-state index in [2.05, 4.69) is 0 Å². The number of rotatable bonds is 5. The second-order valence-electron chi connectivity index (χ2n) is 5.38. The Morgan fingerprint density at radius 3 is 1.96 bits per heavy atom. The predicted octanol–water partition coefficient (Wildman–Crippen LogP) is 3.74. The zero-order valence-corrected chi connectivity index (χ0v) is 13.6. The Morgan fingerprint density at radius 2 is 1.33 bits per heavy atom. The molecule has 24 heavy (non-hydrogen) atoms. The molecule has 0 saturated carbocycles. The van der Waals surface area contributed by atoms with E-state index in [0.717, 1.165) is 0 Å². The van der Waals surface area contributed by atoms with Gasteiger partial charge in [0.15, 0.2) is 18.2 Å². The summed E-state index contributed by atoms with van der Waals surface area (Å²) in [5.74, 6) is -0.0504. The molecular formula is C20H15ClNO2+. The smallest absolute Gasteiger partial charge is 0.227 e. The van der Waals surface area contributed by atoms with E-state index in [9.17, 15) is 9.59 Å². The highest BCUT2D eigenvalue weighted by atomic mass is 35.5. The molecule has 0 unspecified atom stereocenters. The highest BCUT2D eigenvalue weighted by molar-refractivity contribution is 6.30. The van der Waals surface area contributed by atoms with Crippen LogP contribution in [0, 0.1) is 0 Å². The van der Waals surface area contributed by atoms with Gasteiger partial charge >= 0.3 is 0 Å². The van der Waals surface area contributed by atoms with Gasteiger partial charge in [0.05, 0.1) is 0 Å². The molecule has 0 amide bonds. The van der Waals surface area contributed by atoms with Crippen LogP contribution in [0.4, 0.5) is 0 Å². The van der Waals surface area contributed by atoms with Crippen molar-refractivity contribution in [1.82, 2.24) is 0 Å². The molecular weight excluding hydrogens is 322 g/mol. The summed E-state index contributed by atoms with van der Waals surface area (Å²) in [4.78, 5) is 24.6. The highest BCUT2D eigenvalue weighted by Crippen LogP contribution is 2.10. The van der Waals surface area contributed by atoms with Crippen LogP contribution in [0.5, 0.6) is 0 Å². The summed E-state index contributed by atoms with van der Waals surface area (Å²) in [7, 11) is 0. The Bertz CT molecular complexity index is 856. The van der Waals surface area contributed by atoms with E-state index in [-0.39, 0.29) is 18.1 Å². The molecule has 1 heterocycles. The van der Waals surface area contributed by atoms with Crippen LogP contribution in [-0.2, 0) is 6.54 Å². The van der Waals surface area contributed by atoms with Crippen LogP contribution in [-0.4, -0.2) is 11.6 Å². The second-order valence-corrected chi connectivity index (χ2v) is 5.82. The lowest BCUT2D eigenvalue weighted by Gasteiger charge is -2.01. The molecule has 0 N–H and O–H groups in total. The Kier molecular flexibility index (Phi) is 4.82. The SMILES string of the molecule is O=C(C[n+]1ccc(C(=O)c2ccccc2)cc1)c1ccc(Cl)cc1. The normalized spacial score (nSPS) is 10.4. The molecule has 3 aromatic rings. The largest absolute Gasteiger partial charge is 0.289 e. The van der Waals surface area contributed by atoms with Crippen LogP contribution in [0.1, 0.15) is 26.3 Å². The number of carbonyl (C=O) groups is 2. The maximum Gasteiger partial charge on any atom is 0.227 e. The van der Waals surface area contributed by atoms with Crippen LogP contribution in [0.3, 0.4) is 0 Å². The van der Waals surface area contributed by atoms with E-state index in [1.807, 2.05) is 18.2 Å². The standard InChI is InChI=1S/C20H15ClNO2/c21-18-8-6-15(7-9-18)19(23)14-22-12-10-17(11-13-22)20(24)16-4-2-1-3-5-16/h1-13H,14H2/q+1. The molecule has 3 rings (SSSR count).